The molecule has 1 aromatic carbocycles. The predicted octanol–water partition coefficient (Wildman–Crippen LogP) is 3.46. The van der Waals surface area contributed by atoms with Gasteiger partial charge in [-0.15, -0.1) is 11.3 Å². The third-order valence-electron chi connectivity index (χ3n) is 2.27. The largest absolute Gasteiger partial charge is 0.391 e. The molecule has 102 valence electrons. The van der Waals surface area contributed by atoms with Crippen LogP contribution in [-0.2, 0) is 16.6 Å². The fourth-order valence-electron chi connectivity index (χ4n) is 1.36. The predicted molar refractivity (Wildman–Crippen MR) is 80.2 cm³/mol. The topological polar surface area (TPSA) is 66.4 Å². The number of benzene rings is 1. The zero-order valence-electron chi connectivity index (χ0n) is 9.43. The Balaban J connectivity index is 2.33. The molecule has 0 aliphatic rings. The molecule has 0 spiro atoms. The first-order chi connectivity index (χ1) is 8.92. The van der Waals surface area contributed by atoms with Gasteiger partial charge in [-0.1, -0.05) is 27.5 Å². The summed E-state index contributed by atoms with van der Waals surface area (Å²) in [6.07, 6.45) is 0. The van der Waals surface area contributed by atoms with Crippen molar-refractivity contribution in [2.45, 2.75) is 11.5 Å². The second kappa shape index (κ2) is 5.80. The van der Waals surface area contributed by atoms with Crippen molar-refractivity contribution in [2.75, 3.05) is 4.72 Å². The Morgan fingerprint density at radius 2 is 2.11 bits per heavy atom. The molecule has 4 nitrogen and oxygen atoms in total. The summed E-state index contributed by atoms with van der Waals surface area (Å²) in [6, 6.07) is 6.32. The van der Waals surface area contributed by atoms with Gasteiger partial charge in [0.2, 0.25) is 0 Å². The fraction of sp³-hybridized carbons (Fsp3) is 0.0909. The zero-order valence-corrected chi connectivity index (χ0v) is 13.4. The smallest absolute Gasteiger partial charge is 0.262 e. The second-order valence-electron chi connectivity index (χ2n) is 3.64. The molecule has 0 aliphatic heterocycles. The Hall–Kier alpha value is -0.600. The van der Waals surface area contributed by atoms with Crippen LogP contribution in [0.15, 0.2) is 39.0 Å². The van der Waals surface area contributed by atoms with Gasteiger partial charge in [0.25, 0.3) is 10.0 Å². The highest BCUT2D eigenvalue weighted by atomic mass is 79.9. The monoisotopic (exact) mass is 381 g/mol. The number of aliphatic hydroxyl groups excluding tert-OH is 1. The van der Waals surface area contributed by atoms with Crippen molar-refractivity contribution in [1.82, 2.24) is 0 Å². The van der Waals surface area contributed by atoms with Gasteiger partial charge in [-0.2, -0.15) is 0 Å². The summed E-state index contributed by atoms with van der Waals surface area (Å²) >= 11 is 10.4. The van der Waals surface area contributed by atoms with Crippen molar-refractivity contribution in [1.29, 1.82) is 0 Å². The average molecular weight is 383 g/mol. The van der Waals surface area contributed by atoms with Crippen molar-refractivity contribution in [3.05, 3.63) is 44.0 Å². The molecule has 0 fully saturated rings. The first-order valence-electron chi connectivity index (χ1n) is 5.08. The van der Waals surface area contributed by atoms with E-state index in [-0.39, 0.29) is 11.5 Å². The lowest BCUT2D eigenvalue weighted by Crippen LogP contribution is -2.12. The van der Waals surface area contributed by atoms with Crippen LogP contribution in [0.4, 0.5) is 5.69 Å². The molecule has 19 heavy (non-hydrogen) atoms. The second-order valence-corrected chi connectivity index (χ2v) is 7.64. The summed E-state index contributed by atoms with van der Waals surface area (Å²) in [7, 11) is -3.70. The van der Waals surface area contributed by atoms with Crippen LogP contribution in [-0.4, -0.2) is 13.5 Å². The molecular weight excluding hydrogens is 374 g/mol. The van der Waals surface area contributed by atoms with E-state index in [1.54, 1.807) is 18.2 Å². The Labute approximate surface area is 128 Å². The van der Waals surface area contributed by atoms with Gasteiger partial charge in [-0.25, -0.2) is 8.42 Å². The number of hydrogen-bond acceptors (Lipinski definition) is 4. The zero-order chi connectivity index (χ0) is 14.0. The van der Waals surface area contributed by atoms with Gasteiger partial charge in [0.05, 0.1) is 22.2 Å². The van der Waals surface area contributed by atoms with Gasteiger partial charge in [0, 0.05) is 14.7 Å². The van der Waals surface area contributed by atoms with E-state index in [1.807, 2.05) is 0 Å². The Morgan fingerprint density at radius 3 is 2.74 bits per heavy atom. The number of thiophene rings is 1. The molecule has 0 amide bonds. The Morgan fingerprint density at radius 1 is 1.37 bits per heavy atom. The Kier molecular flexibility index (Phi) is 4.52. The molecule has 2 rings (SSSR count). The van der Waals surface area contributed by atoms with Crippen molar-refractivity contribution in [3.63, 3.8) is 0 Å². The van der Waals surface area contributed by atoms with Crippen LogP contribution in [0.3, 0.4) is 0 Å². The number of sulfonamides is 1. The highest BCUT2D eigenvalue weighted by molar-refractivity contribution is 9.10. The molecule has 2 aromatic rings. The first-order valence-corrected chi connectivity index (χ1v) is 8.62. The van der Waals surface area contributed by atoms with Crippen molar-refractivity contribution in [2.24, 2.45) is 0 Å². The van der Waals surface area contributed by atoms with Crippen LogP contribution in [0.1, 0.15) is 4.88 Å². The van der Waals surface area contributed by atoms with E-state index >= 15 is 0 Å². The minimum absolute atomic E-state index is 0.109. The molecule has 0 saturated heterocycles. The maximum absolute atomic E-state index is 12.1. The van der Waals surface area contributed by atoms with Crippen LogP contribution in [0.5, 0.6) is 0 Å². The number of anilines is 1. The molecule has 0 atom stereocenters. The number of nitrogens with one attached hydrogen (secondary N) is 1. The van der Waals surface area contributed by atoms with Crippen molar-refractivity contribution >= 4 is 54.6 Å². The van der Waals surface area contributed by atoms with Crippen LogP contribution in [0.2, 0.25) is 5.02 Å². The van der Waals surface area contributed by atoms with E-state index in [0.717, 1.165) is 4.47 Å². The maximum Gasteiger partial charge on any atom is 0.262 e. The van der Waals surface area contributed by atoms with E-state index in [0.29, 0.717) is 15.6 Å². The van der Waals surface area contributed by atoms with E-state index < -0.39 is 10.0 Å². The number of rotatable bonds is 4. The van der Waals surface area contributed by atoms with Gasteiger partial charge < -0.3 is 5.11 Å². The average Bonchev–Trinajstić information content (AvgIpc) is 2.83. The number of aliphatic hydroxyl groups is 1. The molecule has 1 heterocycles. The highest BCUT2D eigenvalue weighted by Gasteiger charge is 2.17. The lowest BCUT2D eigenvalue weighted by atomic mass is 10.3. The lowest BCUT2D eigenvalue weighted by molar-refractivity contribution is 0.285. The molecule has 0 radical (unpaired) electrons. The minimum atomic E-state index is -3.70. The van der Waals surface area contributed by atoms with Crippen molar-refractivity contribution in [3.8, 4) is 0 Å². The van der Waals surface area contributed by atoms with Gasteiger partial charge in [-0.3, -0.25) is 4.72 Å². The number of hydrogen-bond donors (Lipinski definition) is 2. The molecule has 0 bridgehead atoms. The standard InChI is InChI=1S/C11H9BrClNO3S2/c12-7-1-2-10(13)11(3-7)14-19(16,17)9-4-8(5-15)18-6-9/h1-4,6,14-15H,5H2. The van der Waals surface area contributed by atoms with E-state index in [2.05, 4.69) is 20.7 Å². The molecule has 2 N–H and O–H groups in total. The van der Waals surface area contributed by atoms with Gasteiger partial charge in [-0.05, 0) is 24.3 Å². The van der Waals surface area contributed by atoms with Crippen LogP contribution in [0, 0.1) is 0 Å². The summed E-state index contributed by atoms with van der Waals surface area (Å²) in [4.78, 5) is 0.693. The van der Waals surface area contributed by atoms with E-state index in [1.165, 1.54) is 22.8 Å². The third-order valence-corrected chi connectivity index (χ3v) is 5.51. The molecule has 0 saturated carbocycles. The molecule has 1 aromatic heterocycles. The third kappa shape index (κ3) is 3.49. The fourth-order valence-corrected chi connectivity index (χ4v) is 4.15. The molecule has 0 unspecified atom stereocenters. The van der Waals surface area contributed by atoms with Gasteiger partial charge >= 0.3 is 0 Å². The normalized spacial score (nSPS) is 11.5. The van der Waals surface area contributed by atoms with E-state index in [4.69, 9.17) is 16.7 Å². The molecule has 0 aliphatic carbocycles. The van der Waals surface area contributed by atoms with Crippen LogP contribution < -0.4 is 4.72 Å². The van der Waals surface area contributed by atoms with Crippen molar-refractivity contribution < 1.29 is 13.5 Å². The maximum atomic E-state index is 12.1. The van der Waals surface area contributed by atoms with Crippen LogP contribution in [0.25, 0.3) is 0 Å². The Bertz CT molecular complexity index is 700. The first kappa shape index (κ1) is 14.8. The molecular formula is C11H9BrClNO3S2. The van der Waals surface area contributed by atoms with Gasteiger partial charge in [0.1, 0.15) is 0 Å². The SMILES string of the molecule is O=S(=O)(Nc1cc(Br)ccc1Cl)c1csc(CO)c1. The van der Waals surface area contributed by atoms with Crippen LogP contribution >= 0.6 is 38.9 Å². The van der Waals surface area contributed by atoms with Gasteiger partial charge in [0.15, 0.2) is 0 Å². The summed E-state index contributed by atoms with van der Waals surface area (Å²) in [5.41, 5.74) is 0.299. The summed E-state index contributed by atoms with van der Waals surface area (Å²) in [6.45, 7) is -0.183. The molecule has 8 heteroatoms. The highest BCUT2D eigenvalue weighted by Crippen LogP contribution is 2.29. The number of halogens is 2. The quantitative estimate of drug-likeness (QED) is 0.851. The lowest BCUT2D eigenvalue weighted by Gasteiger charge is -2.08. The summed E-state index contributed by atoms with van der Waals surface area (Å²) in [5.74, 6) is 0. The summed E-state index contributed by atoms with van der Waals surface area (Å²) in [5, 5.41) is 10.7. The summed E-state index contributed by atoms with van der Waals surface area (Å²) < 4.78 is 27.4. The van der Waals surface area contributed by atoms with E-state index in [9.17, 15) is 8.42 Å². The minimum Gasteiger partial charge on any atom is -0.391 e.